The smallest absolute Gasteiger partial charge is 0.248 e. The molecular weight excluding hydrogens is 156 g/mol. The molecule has 0 saturated carbocycles. The molecule has 0 aliphatic carbocycles. The minimum absolute atomic E-state index is 0.0433. The molecule has 1 rings (SSSR count). The molecule has 1 heterocycles. The molecule has 1 amide bonds. The van der Waals surface area contributed by atoms with Crippen molar-refractivity contribution in [3.05, 3.63) is 0 Å². The van der Waals surface area contributed by atoms with Gasteiger partial charge in [0.2, 0.25) is 5.91 Å². The summed E-state index contributed by atoms with van der Waals surface area (Å²) in [5.74, 6) is -0.0314. The lowest BCUT2D eigenvalue weighted by Gasteiger charge is -2.08. The lowest BCUT2D eigenvalue weighted by atomic mass is 10.3. The van der Waals surface area contributed by atoms with E-state index in [1.165, 1.54) is 5.01 Å². The molecular formula is C8H12N2O2. The van der Waals surface area contributed by atoms with E-state index in [1.54, 1.807) is 13.8 Å². The first-order valence-electron chi connectivity index (χ1n) is 3.99. The summed E-state index contributed by atoms with van der Waals surface area (Å²) in [6.45, 7) is 3.69. The van der Waals surface area contributed by atoms with Crippen LogP contribution in [0.3, 0.4) is 0 Å². The molecule has 1 aliphatic heterocycles. The van der Waals surface area contributed by atoms with Crippen molar-refractivity contribution in [1.29, 1.82) is 0 Å². The monoisotopic (exact) mass is 168 g/mol. The van der Waals surface area contributed by atoms with Gasteiger partial charge in [-0.05, 0) is 6.92 Å². The average molecular weight is 168 g/mol. The maximum Gasteiger partial charge on any atom is 0.248 e. The Labute approximate surface area is 71.2 Å². The predicted molar refractivity (Wildman–Crippen MR) is 44.7 cm³/mol. The first-order chi connectivity index (χ1) is 5.63. The highest BCUT2D eigenvalue weighted by molar-refractivity contribution is 6.04. The molecule has 0 aromatic carbocycles. The first-order valence-corrected chi connectivity index (χ1v) is 3.99. The van der Waals surface area contributed by atoms with Crippen LogP contribution in [0.1, 0.15) is 26.7 Å². The van der Waals surface area contributed by atoms with E-state index in [2.05, 4.69) is 5.10 Å². The first kappa shape index (κ1) is 8.90. The summed E-state index contributed by atoms with van der Waals surface area (Å²) in [6.07, 6.45) is 0.815. The Morgan fingerprint density at radius 1 is 1.67 bits per heavy atom. The van der Waals surface area contributed by atoms with Crippen LogP contribution in [0, 0.1) is 0 Å². The summed E-state index contributed by atoms with van der Waals surface area (Å²) < 4.78 is 0. The van der Waals surface area contributed by atoms with E-state index in [0.29, 0.717) is 12.8 Å². The van der Waals surface area contributed by atoms with Crippen LogP contribution in [0.2, 0.25) is 0 Å². The van der Waals surface area contributed by atoms with Crippen LogP contribution in [0.25, 0.3) is 0 Å². The van der Waals surface area contributed by atoms with Gasteiger partial charge in [-0.3, -0.25) is 9.59 Å². The Morgan fingerprint density at radius 3 is 2.75 bits per heavy atom. The maximum absolute atomic E-state index is 11.1. The summed E-state index contributed by atoms with van der Waals surface area (Å²) in [6, 6.07) is 0. The maximum atomic E-state index is 11.1. The fourth-order valence-electron chi connectivity index (χ4n) is 1.01. The fourth-order valence-corrected chi connectivity index (χ4v) is 1.01. The van der Waals surface area contributed by atoms with Gasteiger partial charge >= 0.3 is 0 Å². The number of hydrazone groups is 1. The van der Waals surface area contributed by atoms with Gasteiger partial charge in [0.15, 0.2) is 5.78 Å². The zero-order valence-electron chi connectivity index (χ0n) is 7.33. The van der Waals surface area contributed by atoms with Crippen molar-refractivity contribution in [2.24, 2.45) is 5.10 Å². The van der Waals surface area contributed by atoms with Crippen LogP contribution in [0.15, 0.2) is 5.10 Å². The SMILES string of the molecule is CCC(=O)CN1N=C(C)CC1=O. The zero-order valence-corrected chi connectivity index (χ0v) is 7.33. The Bertz CT molecular complexity index is 245. The molecule has 0 radical (unpaired) electrons. The average Bonchev–Trinajstić information content (AvgIpc) is 2.30. The van der Waals surface area contributed by atoms with Gasteiger partial charge in [0.05, 0.1) is 6.42 Å². The topological polar surface area (TPSA) is 49.7 Å². The molecule has 0 fully saturated rings. The molecule has 4 nitrogen and oxygen atoms in total. The number of ketones is 1. The molecule has 0 N–H and O–H groups in total. The summed E-state index contributed by atoms with van der Waals surface area (Å²) in [4.78, 5) is 22.1. The molecule has 1 aliphatic rings. The van der Waals surface area contributed by atoms with E-state index in [9.17, 15) is 9.59 Å². The summed E-state index contributed by atoms with van der Waals surface area (Å²) >= 11 is 0. The van der Waals surface area contributed by atoms with Gasteiger partial charge < -0.3 is 0 Å². The molecule has 66 valence electrons. The van der Waals surface area contributed by atoms with Gasteiger partial charge in [-0.1, -0.05) is 6.92 Å². The van der Waals surface area contributed by atoms with Crippen LogP contribution in [-0.4, -0.2) is 29.0 Å². The number of carbonyl (C=O) groups excluding carboxylic acids is 2. The molecule has 12 heavy (non-hydrogen) atoms. The molecule has 0 atom stereocenters. The molecule has 4 heteroatoms. The Morgan fingerprint density at radius 2 is 2.33 bits per heavy atom. The number of hydrogen-bond acceptors (Lipinski definition) is 3. The summed E-state index contributed by atoms with van der Waals surface area (Å²) in [7, 11) is 0. The van der Waals surface area contributed by atoms with Gasteiger partial charge in [-0.25, -0.2) is 5.01 Å². The van der Waals surface area contributed by atoms with E-state index >= 15 is 0 Å². The Hall–Kier alpha value is -1.19. The standard InChI is InChI=1S/C8H12N2O2/c1-3-7(11)5-10-8(12)4-6(2)9-10/h3-5H2,1-2H3. The van der Waals surface area contributed by atoms with Crippen molar-refractivity contribution < 1.29 is 9.59 Å². The minimum Gasteiger partial charge on any atom is -0.298 e. The lowest BCUT2D eigenvalue weighted by molar-refractivity contribution is -0.133. The Balaban J connectivity index is 2.53. The van der Waals surface area contributed by atoms with E-state index < -0.39 is 0 Å². The third-order valence-corrected chi connectivity index (χ3v) is 1.71. The second-order valence-electron chi connectivity index (χ2n) is 2.86. The highest BCUT2D eigenvalue weighted by Crippen LogP contribution is 2.07. The minimum atomic E-state index is -0.0747. The summed E-state index contributed by atoms with van der Waals surface area (Å²) in [5, 5.41) is 5.19. The second kappa shape index (κ2) is 3.47. The Kier molecular flexibility index (Phi) is 2.58. The van der Waals surface area contributed by atoms with E-state index in [0.717, 1.165) is 5.71 Å². The lowest BCUT2D eigenvalue weighted by Crippen LogP contribution is -2.27. The third kappa shape index (κ3) is 1.90. The quantitative estimate of drug-likeness (QED) is 0.618. The second-order valence-corrected chi connectivity index (χ2v) is 2.86. The molecule has 0 spiro atoms. The predicted octanol–water partition coefficient (Wildman–Crippen LogP) is 0.574. The molecule has 0 bridgehead atoms. The third-order valence-electron chi connectivity index (χ3n) is 1.71. The van der Waals surface area contributed by atoms with Crippen LogP contribution in [0.4, 0.5) is 0 Å². The fraction of sp³-hybridized carbons (Fsp3) is 0.625. The van der Waals surface area contributed by atoms with Crippen molar-refractivity contribution in [3.63, 3.8) is 0 Å². The molecule has 0 aromatic rings. The van der Waals surface area contributed by atoms with Gasteiger partial charge in [-0.2, -0.15) is 5.10 Å². The van der Waals surface area contributed by atoms with E-state index in [1.807, 2.05) is 0 Å². The zero-order chi connectivity index (χ0) is 9.14. The highest BCUT2D eigenvalue weighted by Gasteiger charge is 2.22. The summed E-state index contributed by atoms with van der Waals surface area (Å²) in [5.41, 5.74) is 0.781. The normalized spacial score (nSPS) is 16.7. The van der Waals surface area contributed by atoms with Crippen molar-refractivity contribution in [3.8, 4) is 0 Å². The van der Waals surface area contributed by atoms with Gasteiger partial charge in [-0.15, -0.1) is 0 Å². The van der Waals surface area contributed by atoms with E-state index in [-0.39, 0.29) is 18.2 Å². The number of Topliss-reactive ketones (excluding diaryl/α,β-unsaturated/α-hetero) is 1. The molecule has 0 aromatic heterocycles. The highest BCUT2D eigenvalue weighted by atomic mass is 16.2. The van der Waals surface area contributed by atoms with Crippen LogP contribution in [0.5, 0.6) is 0 Å². The van der Waals surface area contributed by atoms with Gasteiger partial charge in [0.1, 0.15) is 6.54 Å². The number of hydrogen-bond donors (Lipinski definition) is 0. The van der Waals surface area contributed by atoms with Crippen LogP contribution < -0.4 is 0 Å². The van der Waals surface area contributed by atoms with Gasteiger partial charge in [0.25, 0.3) is 0 Å². The number of rotatable bonds is 3. The van der Waals surface area contributed by atoms with Crippen molar-refractivity contribution in [1.82, 2.24) is 5.01 Å². The van der Waals surface area contributed by atoms with Crippen molar-refractivity contribution in [2.75, 3.05) is 6.54 Å². The van der Waals surface area contributed by atoms with Gasteiger partial charge in [0, 0.05) is 12.1 Å². The van der Waals surface area contributed by atoms with Crippen LogP contribution >= 0.6 is 0 Å². The van der Waals surface area contributed by atoms with E-state index in [4.69, 9.17) is 0 Å². The molecule has 0 unspecified atom stereocenters. The van der Waals surface area contributed by atoms with Crippen LogP contribution in [-0.2, 0) is 9.59 Å². The number of carbonyl (C=O) groups is 2. The number of nitrogens with zero attached hydrogens (tertiary/aromatic N) is 2. The van der Waals surface area contributed by atoms with Crippen molar-refractivity contribution >= 4 is 17.4 Å². The largest absolute Gasteiger partial charge is 0.298 e. The number of amides is 1. The van der Waals surface area contributed by atoms with Crippen molar-refractivity contribution in [2.45, 2.75) is 26.7 Å². The molecule has 0 saturated heterocycles.